The minimum Gasteiger partial charge on any atom is -0.483 e. The second-order valence-corrected chi connectivity index (χ2v) is 48.2. The Hall–Kier alpha value is -12.1. The molecule has 0 bridgehead atoms. The third kappa shape index (κ3) is 35.1. The van der Waals surface area contributed by atoms with Crippen molar-refractivity contribution in [3.63, 3.8) is 0 Å². The first-order valence-corrected chi connectivity index (χ1v) is 49.0. The van der Waals surface area contributed by atoms with Crippen molar-refractivity contribution in [3.8, 4) is 40.1 Å². The Balaban J connectivity index is 0.000000332. The van der Waals surface area contributed by atoms with E-state index in [-0.39, 0.29) is 72.2 Å². The predicted octanol–water partition coefficient (Wildman–Crippen LogP) is 23.4. The summed E-state index contributed by atoms with van der Waals surface area (Å²) < 4.78 is 28.7. The number of likely N-dealkylation sites (N-methyl/N-ethyl adjacent to an activating group) is 2. The molecule has 11 rings (SSSR count). The van der Waals surface area contributed by atoms with E-state index in [0.29, 0.717) is 81.4 Å². The molecule has 5 aliphatic heterocycles. The van der Waals surface area contributed by atoms with Crippen molar-refractivity contribution in [2.24, 2.45) is 67.4 Å². The molecule has 9 heterocycles. The molecular formula is C113H148N12O9S4. The molecule has 0 atom stereocenters. The number of rotatable bonds is 10. The number of nitrogens with zero attached hydrogens (tertiary/aromatic N) is 11. The van der Waals surface area contributed by atoms with Crippen molar-refractivity contribution in [1.29, 1.82) is 26.3 Å². The normalized spacial score (nSPS) is 17.5. The fourth-order valence-corrected chi connectivity index (χ4v) is 19.2. The largest absolute Gasteiger partial charge is 0.483 e. The number of methoxy groups -OCH3 is 1. The van der Waals surface area contributed by atoms with Crippen LogP contribution in [0.3, 0.4) is 0 Å². The number of aliphatic imine (C=N–C) groups is 2. The number of hydrogen-bond donors (Lipinski definition) is 1. The summed E-state index contributed by atoms with van der Waals surface area (Å²) in [7, 11) is 8.59. The number of allylic oxidation sites excluding steroid dienone is 8. The van der Waals surface area contributed by atoms with Crippen LogP contribution in [0.4, 0.5) is 0 Å². The van der Waals surface area contributed by atoms with Crippen LogP contribution < -0.4 is 34.8 Å². The fraction of sp³-hybridized carbons (Fsp3) is 0.451. The van der Waals surface area contributed by atoms with Gasteiger partial charge in [0.15, 0.2) is 5.76 Å². The molecule has 6 aromatic rings. The molecule has 0 spiro atoms. The average molecular weight is 1950 g/mol. The van der Waals surface area contributed by atoms with Crippen LogP contribution in [-0.2, 0) is 47.4 Å². The molecular weight excluding hydrogens is 1800 g/mol. The molecule has 0 saturated carbocycles. The smallest absolute Gasteiger partial charge is 0.277 e. The number of aryl methyl sites for hydroxylation is 1. The fourth-order valence-electron chi connectivity index (χ4n) is 15.2. The summed E-state index contributed by atoms with van der Waals surface area (Å²) in [5, 5.41) is 50.8. The quantitative estimate of drug-likeness (QED) is 0.0758. The van der Waals surface area contributed by atoms with Gasteiger partial charge < -0.3 is 33.4 Å². The van der Waals surface area contributed by atoms with E-state index in [1.807, 2.05) is 179 Å². The van der Waals surface area contributed by atoms with Crippen LogP contribution in [0.1, 0.15) is 243 Å². The van der Waals surface area contributed by atoms with E-state index in [2.05, 4.69) is 240 Å². The van der Waals surface area contributed by atoms with Crippen molar-refractivity contribution in [2.75, 3.05) is 34.4 Å². The van der Waals surface area contributed by atoms with Crippen LogP contribution in [0.5, 0.6) is 0 Å². The Bertz CT molecular complexity index is 6380. The number of thiazole rings is 2. The van der Waals surface area contributed by atoms with Crippen LogP contribution >= 0.6 is 45.3 Å². The lowest BCUT2D eigenvalue weighted by Gasteiger charge is -2.31. The number of amidine groups is 2. The summed E-state index contributed by atoms with van der Waals surface area (Å²) in [6.45, 7) is 78.9. The Morgan fingerprint density at radius 3 is 1.27 bits per heavy atom. The minimum atomic E-state index is -0.604. The predicted molar refractivity (Wildman–Crippen MR) is 575 cm³/mol. The molecule has 138 heavy (non-hydrogen) atoms. The van der Waals surface area contributed by atoms with Crippen LogP contribution in [0.15, 0.2) is 214 Å². The molecule has 25 heteroatoms. The number of aromatic nitrogens is 2. The Kier molecular flexibility index (Phi) is 41.1. The highest BCUT2D eigenvalue weighted by molar-refractivity contribution is 7.21. The van der Waals surface area contributed by atoms with E-state index in [9.17, 15) is 34.5 Å². The van der Waals surface area contributed by atoms with Gasteiger partial charge in [-0.3, -0.25) is 33.8 Å². The van der Waals surface area contributed by atoms with E-state index in [0.717, 1.165) is 56.7 Å². The number of hydrogen-bond acceptors (Lipinski definition) is 20. The minimum absolute atomic E-state index is 0.0376. The summed E-state index contributed by atoms with van der Waals surface area (Å²) in [6.07, 6.45) is 17.6. The molecule has 0 radical (unpaired) electrons. The maximum Gasteiger partial charge on any atom is 0.277 e. The van der Waals surface area contributed by atoms with E-state index in [1.54, 1.807) is 90.8 Å². The van der Waals surface area contributed by atoms with Gasteiger partial charge in [-0.15, -0.1) is 45.3 Å². The zero-order chi connectivity index (χ0) is 106. The van der Waals surface area contributed by atoms with Gasteiger partial charge in [-0.1, -0.05) is 276 Å². The van der Waals surface area contributed by atoms with Gasteiger partial charge in [-0.2, -0.15) is 26.3 Å². The third-order valence-electron chi connectivity index (χ3n) is 20.5. The lowest BCUT2D eigenvalue weighted by Crippen LogP contribution is -2.30. The molecule has 21 nitrogen and oxygen atoms in total. The first-order valence-electron chi connectivity index (χ1n) is 45.7. The van der Waals surface area contributed by atoms with Crippen molar-refractivity contribution in [2.45, 2.75) is 245 Å². The van der Waals surface area contributed by atoms with Gasteiger partial charge in [0.05, 0.1) is 70.6 Å². The van der Waals surface area contributed by atoms with Crippen LogP contribution in [0.2, 0.25) is 0 Å². The van der Waals surface area contributed by atoms with E-state index in [1.165, 1.54) is 38.0 Å². The molecule has 0 aliphatic carbocycles. The molecule has 2 aromatic carbocycles. The number of carbonyl (C=O) groups excluding carboxylic acids is 3. The number of thiophene rings is 2. The first-order chi connectivity index (χ1) is 63.1. The van der Waals surface area contributed by atoms with Crippen LogP contribution in [0.25, 0.3) is 52.8 Å². The monoisotopic (exact) mass is 1950 g/mol. The number of nitriles is 5. The highest BCUT2D eigenvalue weighted by Crippen LogP contribution is 2.50. The molecule has 0 unspecified atom stereocenters. The standard InChI is InChI=1S/C19H20N2OS2.C17H26N2O3.C17H20N2O.C14H18N2O.C14H17N.C12H17NO.2C10H15NOS/c1-19(2,3)12-14-18(22)21(4)17(20-14)10-8-13-7-9-16(24-13)15-6-5-11-23-15;1-11(15(20)19-8-9-21-7)13-12(10-18)14(16(2,3)4)17(5,6)22-13;1-17(2,3)12-14-16(20)19(4)15(18-14)11-10-13-8-6-5-7-9-13;1-9(7-15)11-10(8-16)12(13(2,3)4)14(5,6)17-11;1-11-5-7-12(8-6-11)13(10-15)9-14(2,3)4;1-8-9(7-13)10(11(2,3)4)12(5,6)14-8;2*1-7-11(5)9(12)8(13-7)6-10(2,3)4/h5-12H,1-4H3;8-9H2,1-7H3,(H,19,20);5-12H,1-4H3;1-6H3;5-9H,1-4H3;1H2,2-6H3;2*6H,1H2,2-5H3/b10-8+,14-12-;13-11-;11-10+,14-12-;11-9-;13-9+;;2*8-6+. The molecule has 0 fully saturated rings. The second-order valence-electron chi connectivity index (χ2n) is 44.0. The summed E-state index contributed by atoms with van der Waals surface area (Å²) in [5.74, 6) is 2.34. The van der Waals surface area contributed by atoms with E-state index in [4.69, 9.17) is 34.7 Å². The van der Waals surface area contributed by atoms with E-state index < -0.39 is 16.8 Å². The van der Waals surface area contributed by atoms with Gasteiger partial charge in [-0.25, -0.2) is 9.98 Å². The zero-order valence-electron chi connectivity index (χ0n) is 89.0. The summed E-state index contributed by atoms with van der Waals surface area (Å²) >= 11 is 6.38. The first kappa shape index (κ1) is 118. The maximum absolute atomic E-state index is 12.3. The lowest BCUT2D eigenvalue weighted by atomic mass is 9.76. The van der Waals surface area contributed by atoms with Crippen LogP contribution in [-0.4, -0.2) is 99.5 Å². The van der Waals surface area contributed by atoms with Gasteiger partial charge in [0.2, 0.25) is 0 Å². The Labute approximate surface area is 838 Å². The number of ether oxygens (including phenoxy) is 4. The number of amides is 3. The van der Waals surface area contributed by atoms with Crippen molar-refractivity contribution in [1.82, 2.24) is 24.3 Å². The summed E-state index contributed by atoms with van der Waals surface area (Å²) in [4.78, 5) is 75.5. The molecule has 738 valence electrons. The van der Waals surface area contributed by atoms with Crippen LogP contribution in [0, 0.1) is 107 Å². The van der Waals surface area contributed by atoms with E-state index >= 15 is 0 Å². The van der Waals surface area contributed by atoms with Gasteiger partial charge in [0, 0.05) is 56.5 Å². The third-order valence-corrected chi connectivity index (χ3v) is 24.7. The molecule has 1 N–H and O–H groups in total. The highest BCUT2D eigenvalue weighted by atomic mass is 32.1. The highest BCUT2D eigenvalue weighted by Gasteiger charge is 2.47. The van der Waals surface area contributed by atoms with Gasteiger partial charge in [0.1, 0.15) is 69.6 Å². The molecule has 5 aliphatic rings. The molecule has 3 amide bonds. The van der Waals surface area contributed by atoms with Gasteiger partial charge in [-0.05, 0) is 187 Å². The zero-order valence-corrected chi connectivity index (χ0v) is 92.3. The average Bonchev–Trinajstić information content (AvgIpc) is 1.61. The SMILES string of the molecule is C/C(C#N)=C1/OC(C)(C)C(C(C)(C)C)=C1C#N.C=C1OC(C)(C)C(C(C)(C)C)=C1C#N.C=c1s/c(=C/C(C)(C)C)c(=O)n1C.C=c1s/c(=C/C(C)(C)C)c(=O)n1C.CN1C(=O)/C(=C/C(C)(C)C)N=C1/C=C/c1ccc(-c2cccs2)s1.CN1C(=O)/C(=C/C(C)(C)C)N=C1/C=C/c1ccccc1.COCCNC(=O)/C(C)=C1\OC(C)(C)C(C(C)(C)C)=C1C#N.Cc1ccc(/C(C#N)=C/C(C)(C)C)cc1. The number of nitrogens with one attached hydrogen (secondary N) is 1. The Morgan fingerprint density at radius 1 is 0.493 bits per heavy atom. The number of benzene rings is 2. The molecule has 0 saturated heterocycles. The summed E-state index contributed by atoms with van der Waals surface area (Å²) in [6, 6.07) is 37.3. The van der Waals surface area contributed by atoms with Crippen molar-refractivity contribution in [3.05, 3.63) is 255 Å². The maximum atomic E-state index is 12.3. The lowest BCUT2D eigenvalue weighted by molar-refractivity contribution is -0.122. The molecule has 4 aromatic heterocycles. The van der Waals surface area contributed by atoms with Crippen molar-refractivity contribution >= 4 is 118 Å². The topological polar surface area (TPSA) is 294 Å². The van der Waals surface area contributed by atoms with Crippen molar-refractivity contribution < 1.29 is 33.3 Å². The Morgan fingerprint density at radius 2 is 0.906 bits per heavy atom. The second kappa shape index (κ2) is 48.0. The van der Waals surface area contributed by atoms with Gasteiger partial charge in [0.25, 0.3) is 28.8 Å². The summed E-state index contributed by atoms with van der Waals surface area (Å²) in [5.41, 5.74) is 8.61. The number of carbonyl (C=O) groups is 3. The van der Waals surface area contributed by atoms with Gasteiger partial charge >= 0.3 is 0 Å².